The van der Waals surface area contributed by atoms with Crippen LogP contribution in [-0.2, 0) is 4.79 Å². The molecule has 2 rings (SSSR count). The summed E-state index contributed by atoms with van der Waals surface area (Å²) in [5, 5.41) is 2.57. The molecule has 0 radical (unpaired) electrons. The Morgan fingerprint density at radius 1 is 1.09 bits per heavy atom. The molecule has 0 fully saturated rings. The van der Waals surface area contributed by atoms with Crippen LogP contribution in [0.2, 0.25) is 0 Å². The minimum atomic E-state index is -0.637. The SMILES string of the molecule is CC(C)(C)C(=O)Nc1cccc(-c2cc(F)ccc2Br)c1F. The number of rotatable bonds is 2. The number of anilines is 1. The van der Waals surface area contributed by atoms with E-state index in [1.807, 2.05) is 0 Å². The molecule has 116 valence electrons. The fourth-order valence-corrected chi connectivity index (χ4v) is 2.31. The molecule has 0 atom stereocenters. The van der Waals surface area contributed by atoms with Crippen molar-refractivity contribution < 1.29 is 13.6 Å². The summed E-state index contributed by atoms with van der Waals surface area (Å²) in [5.41, 5.74) is 0.0537. The van der Waals surface area contributed by atoms with Crippen LogP contribution in [0.15, 0.2) is 40.9 Å². The van der Waals surface area contributed by atoms with Gasteiger partial charge < -0.3 is 5.32 Å². The highest BCUT2D eigenvalue weighted by molar-refractivity contribution is 9.10. The van der Waals surface area contributed by atoms with Crippen LogP contribution in [0.5, 0.6) is 0 Å². The van der Waals surface area contributed by atoms with Gasteiger partial charge in [-0.25, -0.2) is 8.78 Å². The lowest BCUT2D eigenvalue weighted by molar-refractivity contribution is -0.123. The molecule has 22 heavy (non-hydrogen) atoms. The molecule has 1 N–H and O–H groups in total. The summed E-state index contributed by atoms with van der Waals surface area (Å²) in [6, 6.07) is 8.70. The van der Waals surface area contributed by atoms with Gasteiger partial charge in [0.05, 0.1) is 5.69 Å². The third-order valence-electron chi connectivity index (χ3n) is 3.15. The van der Waals surface area contributed by atoms with E-state index < -0.39 is 17.0 Å². The number of amides is 1. The number of carbonyl (C=O) groups excluding carboxylic acids is 1. The topological polar surface area (TPSA) is 29.1 Å². The lowest BCUT2D eigenvalue weighted by Crippen LogP contribution is -2.28. The molecule has 1 amide bonds. The van der Waals surface area contributed by atoms with Crippen molar-refractivity contribution in [3.63, 3.8) is 0 Å². The molecule has 0 saturated heterocycles. The first-order valence-corrected chi connectivity index (χ1v) is 7.55. The molecule has 0 unspecified atom stereocenters. The largest absolute Gasteiger partial charge is 0.323 e. The zero-order chi connectivity index (χ0) is 16.5. The van der Waals surface area contributed by atoms with Gasteiger partial charge in [0.25, 0.3) is 0 Å². The Morgan fingerprint density at radius 3 is 2.41 bits per heavy atom. The standard InChI is InChI=1S/C17H16BrF2NO/c1-17(2,3)16(22)21-14-6-4-5-11(15(14)20)12-9-10(19)7-8-13(12)18/h4-9H,1-3H3,(H,21,22). The maximum Gasteiger partial charge on any atom is 0.229 e. The Balaban J connectivity index is 2.46. The molecule has 0 aliphatic carbocycles. The highest BCUT2D eigenvalue weighted by atomic mass is 79.9. The Kier molecular flexibility index (Phi) is 4.66. The van der Waals surface area contributed by atoms with E-state index in [9.17, 15) is 13.6 Å². The summed E-state index contributed by atoms with van der Waals surface area (Å²) in [7, 11) is 0. The maximum absolute atomic E-state index is 14.7. The van der Waals surface area contributed by atoms with E-state index in [4.69, 9.17) is 0 Å². The molecular weight excluding hydrogens is 352 g/mol. The smallest absolute Gasteiger partial charge is 0.229 e. The summed E-state index contributed by atoms with van der Waals surface area (Å²) in [6.45, 7) is 5.23. The number of halogens is 3. The molecule has 5 heteroatoms. The zero-order valence-electron chi connectivity index (χ0n) is 12.5. The van der Waals surface area contributed by atoms with Gasteiger partial charge in [-0.15, -0.1) is 0 Å². The normalized spacial score (nSPS) is 11.4. The highest BCUT2D eigenvalue weighted by Gasteiger charge is 2.23. The van der Waals surface area contributed by atoms with Gasteiger partial charge in [0.15, 0.2) is 5.82 Å². The van der Waals surface area contributed by atoms with Crippen LogP contribution >= 0.6 is 15.9 Å². The molecule has 0 aliphatic heterocycles. The van der Waals surface area contributed by atoms with Crippen LogP contribution in [0.4, 0.5) is 14.5 Å². The molecular formula is C17H16BrF2NO. The van der Waals surface area contributed by atoms with Crippen LogP contribution < -0.4 is 5.32 Å². The van der Waals surface area contributed by atoms with E-state index in [1.165, 1.54) is 24.3 Å². The first-order chi connectivity index (χ1) is 10.2. The van der Waals surface area contributed by atoms with Crippen LogP contribution in [0.1, 0.15) is 20.8 Å². The maximum atomic E-state index is 14.7. The highest BCUT2D eigenvalue weighted by Crippen LogP contribution is 2.34. The number of nitrogens with one attached hydrogen (secondary N) is 1. The van der Waals surface area contributed by atoms with E-state index in [0.717, 1.165) is 0 Å². The van der Waals surface area contributed by atoms with Crippen molar-refractivity contribution in [1.82, 2.24) is 0 Å². The quantitative estimate of drug-likeness (QED) is 0.758. The van der Waals surface area contributed by atoms with E-state index in [2.05, 4.69) is 21.2 Å². The van der Waals surface area contributed by atoms with Crippen molar-refractivity contribution in [2.45, 2.75) is 20.8 Å². The van der Waals surface area contributed by atoms with Crippen LogP contribution in [0.3, 0.4) is 0 Å². The number of hydrogen-bond acceptors (Lipinski definition) is 1. The molecule has 0 bridgehead atoms. The van der Waals surface area contributed by atoms with Crippen molar-refractivity contribution in [2.24, 2.45) is 5.41 Å². The van der Waals surface area contributed by atoms with E-state index in [-0.39, 0.29) is 17.2 Å². The fraction of sp³-hybridized carbons (Fsp3) is 0.235. The van der Waals surface area contributed by atoms with Crippen LogP contribution in [0, 0.1) is 17.0 Å². The lowest BCUT2D eigenvalue weighted by Gasteiger charge is -2.18. The van der Waals surface area contributed by atoms with Gasteiger partial charge in [0.1, 0.15) is 5.82 Å². The summed E-state index contributed by atoms with van der Waals surface area (Å²) in [6.07, 6.45) is 0. The van der Waals surface area contributed by atoms with Crippen molar-refractivity contribution in [3.05, 3.63) is 52.5 Å². The monoisotopic (exact) mass is 367 g/mol. The Hall–Kier alpha value is -1.75. The molecule has 0 spiro atoms. The molecule has 2 aromatic rings. The van der Waals surface area contributed by atoms with Gasteiger partial charge in [0.2, 0.25) is 5.91 Å². The molecule has 2 nitrogen and oxygen atoms in total. The van der Waals surface area contributed by atoms with Crippen molar-refractivity contribution in [2.75, 3.05) is 5.32 Å². The average Bonchev–Trinajstić information content (AvgIpc) is 2.43. The fourth-order valence-electron chi connectivity index (χ4n) is 1.85. The Morgan fingerprint density at radius 2 is 1.77 bits per heavy atom. The first-order valence-electron chi connectivity index (χ1n) is 6.75. The third-order valence-corrected chi connectivity index (χ3v) is 3.84. The second kappa shape index (κ2) is 6.16. The lowest BCUT2D eigenvalue weighted by atomic mass is 9.95. The Labute approximate surface area is 136 Å². The summed E-state index contributed by atoms with van der Waals surface area (Å²) in [4.78, 5) is 12.0. The number of hydrogen-bond donors (Lipinski definition) is 1. The van der Waals surface area contributed by atoms with Crippen LogP contribution in [0.25, 0.3) is 11.1 Å². The molecule has 0 heterocycles. The molecule has 2 aromatic carbocycles. The summed E-state index contributed by atoms with van der Waals surface area (Å²) < 4.78 is 28.7. The third kappa shape index (κ3) is 3.53. The first kappa shape index (κ1) is 16.6. The minimum Gasteiger partial charge on any atom is -0.323 e. The second-order valence-electron chi connectivity index (χ2n) is 6.00. The van der Waals surface area contributed by atoms with Crippen molar-refractivity contribution in [1.29, 1.82) is 0 Å². The van der Waals surface area contributed by atoms with Crippen LogP contribution in [-0.4, -0.2) is 5.91 Å². The van der Waals surface area contributed by atoms with Crippen molar-refractivity contribution >= 4 is 27.5 Å². The van der Waals surface area contributed by atoms with Gasteiger partial charge >= 0.3 is 0 Å². The van der Waals surface area contributed by atoms with Crippen molar-refractivity contribution in [3.8, 4) is 11.1 Å². The number of carbonyl (C=O) groups is 1. The number of benzene rings is 2. The van der Waals surface area contributed by atoms with E-state index >= 15 is 0 Å². The molecule has 0 aliphatic rings. The van der Waals surface area contributed by atoms with Gasteiger partial charge in [-0.1, -0.05) is 48.8 Å². The Bertz CT molecular complexity index is 723. The predicted molar refractivity (Wildman–Crippen MR) is 87.6 cm³/mol. The molecule has 0 saturated carbocycles. The average molecular weight is 368 g/mol. The minimum absolute atomic E-state index is 0.0774. The van der Waals surface area contributed by atoms with Gasteiger partial charge in [-0.2, -0.15) is 0 Å². The summed E-state index contributed by atoms with van der Waals surface area (Å²) >= 11 is 3.29. The second-order valence-corrected chi connectivity index (χ2v) is 6.85. The predicted octanol–water partition coefficient (Wildman–Crippen LogP) is 5.38. The summed E-state index contributed by atoms with van der Waals surface area (Å²) in [5.74, 6) is -1.34. The van der Waals surface area contributed by atoms with E-state index in [1.54, 1.807) is 32.9 Å². The van der Waals surface area contributed by atoms with Gasteiger partial charge in [-0.05, 0) is 24.3 Å². The van der Waals surface area contributed by atoms with Gasteiger partial charge in [0, 0.05) is 21.0 Å². The molecule has 0 aromatic heterocycles. The van der Waals surface area contributed by atoms with E-state index in [0.29, 0.717) is 10.0 Å². The van der Waals surface area contributed by atoms with Gasteiger partial charge in [-0.3, -0.25) is 4.79 Å². The zero-order valence-corrected chi connectivity index (χ0v) is 14.1.